The summed E-state index contributed by atoms with van der Waals surface area (Å²) in [6.07, 6.45) is 0. The number of aryl methyl sites for hydroxylation is 2. The highest BCUT2D eigenvalue weighted by Crippen LogP contribution is 2.36. The van der Waals surface area contributed by atoms with Gasteiger partial charge in [0.1, 0.15) is 5.70 Å². The van der Waals surface area contributed by atoms with Crippen molar-refractivity contribution in [3.63, 3.8) is 0 Å². The average molecular weight is 443 g/mol. The molecule has 6 heteroatoms. The normalized spacial score (nSPS) is 13.5. The summed E-state index contributed by atoms with van der Waals surface area (Å²) in [6.45, 7) is 4.13. The van der Waals surface area contributed by atoms with Crippen LogP contribution >= 0.6 is 0 Å². The molecule has 2 amide bonds. The Morgan fingerprint density at radius 1 is 0.818 bits per heavy atom. The third-order valence-corrected chi connectivity index (χ3v) is 5.68. The van der Waals surface area contributed by atoms with Crippen molar-refractivity contribution in [3.05, 3.63) is 94.7 Å². The molecule has 0 unspecified atom stereocenters. The van der Waals surface area contributed by atoms with E-state index in [0.717, 1.165) is 22.4 Å². The van der Waals surface area contributed by atoms with Crippen LogP contribution in [0.1, 0.15) is 22.3 Å². The maximum absolute atomic E-state index is 13.6. The van der Waals surface area contributed by atoms with Crippen molar-refractivity contribution in [3.8, 4) is 11.5 Å². The fourth-order valence-electron chi connectivity index (χ4n) is 3.87. The molecule has 6 nitrogen and oxygen atoms in total. The molecule has 0 fully saturated rings. The van der Waals surface area contributed by atoms with Crippen LogP contribution in [0.25, 0.3) is 5.57 Å². The largest absolute Gasteiger partial charge is 0.493 e. The highest BCUT2D eigenvalue weighted by atomic mass is 16.5. The Morgan fingerprint density at radius 3 is 2.24 bits per heavy atom. The molecule has 168 valence electrons. The predicted molar refractivity (Wildman–Crippen MR) is 128 cm³/mol. The molecule has 0 atom stereocenters. The second kappa shape index (κ2) is 9.20. The Morgan fingerprint density at radius 2 is 1.55 bits per heavy atom. The van der Waals surface area contributed by atoms with E-state index in [1.54, 1.807) is 25.3 Å². The molecule has 3 aromatic carbocycles. The SMILES string of the molecule is COc1ccc(C2=C(Nc3cc(C)ccc3C)C(=O)N(Cc3ccccc3)C2=O)cc1OC. The number of amides is 2. The summed E-state index contributed by atoms with van der Waals surface area (Å²) in [5, 5.41) is 3.26. The van der Waals surface area contributed by atoms with E-state index in [-0.39, 0.29) is 24.1 Å². The maximum Gasteiger partial charge on any atom is 0.278 e. The van der Waals surface area contributed by atoms with Crippen LogP contribution in [0.5, 0.6) is 11.5 Å². The smallest absolute Gasteiger partial charge is 0.278 e. The second-order valence-electron chi connectivity index (χ2n) is 7.95. The molecule has 0 radical (unpaired) electrons. The lowest BCUT2D eigenvalue weighted by molar-refractivity contribution is -0.137. The third kappa shape index (κ3) is 4.32. The molecule has 0 saturated carbocycles. The van der Waals surface area contributed by atoms with Gasteiger partial charge in [-0.3, -0.25) is 14.5 Å². The summed E-state index contributed by atoms with van der Waals surface area (Å²) < 4.78 is 10.8. The first-order chi connectivity index (χ1) is 15.9. The Bertz CT molecular complexity index is 1250. The van der Waals surface area contributed by atoms with Crippen LogP contribution < -0.4 is 14.8 Å². The standard InChI is InChI=1S/C27H26N2O4/c1-17-10-11-18(2)21(14-17)28-25-24(20-12-13-22(32-3)23(15-20)33-4)26(30)29(27(25)31)16-19-8-6-5-7-9-19/h5-15,28H,16H2,1-4H3. The van der Waals surface area contributed by atoms with E-state index in [1.807, 2.05) is 62.4 Å². The Kier molecular flexibility index (Phi) is 6.18. The van der Waals surface area contributed by atoms with Gasteiger partial charge in [0.25, 0.3) is 11.8 Å². The van der Waals surface area contributed by atoms with Crippen molar-refractivity contribution in [2.45, 2.75) is 20.4 Å². The molecule has 0 aliphatic carbocycles. The number of nitrogens with one attached hydrogen (secondary N) is 1. The summed E-state index contributed by atoms with van der Waals surface area (Å²) in [5.41, 5.74) is 4.81. The number of hydrogen-bond donors (Lipinski definition) is 1. The number of methoxy groups -OCH3 is 2. The lowest BCUT2D eigenvalue weighted by Gasteiger charge is -2.16. The molecular weight excluding hydrogens is 416 g/mol. The van der Waals surface area contributed by atoms with Crippen molar-refractivity contribution < 1.29 is 19.1 Å². The van der Waals surface area contributed by atoms with Gasteiger partial charge in [-0.15, -0.1) is 0 Å². The molecule has 1 N–H and O–H groups in total. The van der Waals surface area contributed by atoms with Gasteiger partial charge < -0.3 is 14.8 Å². The van der Waals surface area contributed by atoms with E-state index >= 15 is 0 Å². The van der Waals surface area contributed by atoms with E-state index in [2.05, 4.69) is 5.32 Å². The fraction of sp³-hybridized carbons (Fsp3) is 0.185. The molecule has 1 heterocycles. The Labute approximate surface area is 193 Å². The van der Waals surface area contributed by atoms with Gasteiger partial charge in [0.05, 0.1) is 26.3 Å². The molecule has 33 heavy (non-hydrogen) atoms. The highest BCUT2D eigenvalue weighted by Gasteiger charge is 2.39. The quantitative estimate of drug-likeness (QED) is 0.537. The number of anilines is 1. The van der Waals surface area contributed by atoms with Gasteiger partial charge in [-0.05, 0) is 54.3 Å². The topological polar surface area (TPSA) is 67.9 Å². The van der Waals surface area contributed by atoms with Gasteiger partial charge in [0.15, 0.2) is 11.5 Å². The molecule has 0 bridgehead atoms. The van der Waals surface area contributed by atoms with Gasteiger partial charge in [0.2, 0.25) is 0 Å². The zero-order chi connectivity index (χ0) is 23.5. The summed E-state index contributed by atoms with van der Waals surface area (Å²) in [5.74, 6) is 0.303. The minimum atomic E-state index is -0.366. The highest BCUT2D eigenvalue weighted by molar-refractivity contribution is 6.36. The van der Waals surface area contributed by atoms with E-state index in [9.17, 15) is 9.59 Å². The van der Waals surface area contributed by atoms with Crippen LogP contribution in [0.4, 0.5) is 5.69 Å². The van der Waals surface area contributed by atoms with Crippen molar-refractivity contribution >= 4 is 23.1 Å². The van der Waals surface area contributed by atoms with Crippen molar-refractivity contribution in [2.75, 3.05) is 19.5 Å². The molecule has 4 rings (SSSR count). The van der Waals surface area contributed by atoms with E-state index < -0.39 is 0 Å². The summed E-state index contributed by atoms with van der Waals surface area (Å²) in [6, 6.07) is 20.6. The number of carbonyl (C=O) groups excluding carboxylic acids is 2. The van der Waals surface area contributed by atoms with Crippen LogP contribution in [-0.2, 0) is 16.1 Å². The molecule has 1 aliphatic rings. The molecule has 0 aromatic heterocycles. The molecule has 0 saturated heterocycles. The number of benzene rings is 3. The summed E-state index contributed by atoms with van der Waals surface area (Å²) in [4.78, 5) is 28.3. The summed E-state index contributed by atoms with van der Waals surface area (Å²) >= 11 is 0. The predicted octanol–water partition coefficient (Wildman–Crippen LogP) is 4.71. The number of nitrogens with zero attached hydrogens (tertiary/aromatic N) is 1. The monoisotopic (exact) mass is 442 g/mol. The third-order valence-electron chi connectivity index (χ3n) is 5.68. The van der Waals surface area contributed by atoms with Gasteiger partial charge in [-0.1, -0.05) is 48.5 Å². The van der Waals surface area contributed by atoms with E-state index in [1.165, 1.54) is 12.0 Å². The lowest BCUT2D eigenvalue weighted by atomic mass is 10.0. The zero-order valence-corrected chi connectivity index (χ0v) is 19.1. The van der Waals surface area contributed by atoms with Gasteiger partial charge >= 0.3 is 0 Å². The van der Waals surface area contributed by atoms with Crippen molar-refractivity contribution in [1.29, 1.82) is 0 Å². The molecule has 0 spiro atoms. The molecular formula is C27H26N2O4. The first-order valence-electron chi connectivity index (χ1n) is 10.6. The average Bonchev–Trinajstić information content (AvgIpc) is 3.05. The number of carbonyl (C=O) groups is 2. The fourth-order valence-corrected chi connectivity index (χ4v) is 3.87. The van der Waals surface area contributed by atoms with Crippen LogP contribution in [0.2, 0.25) is 0 Å². The van der Waals surface area contributed by atoms with Crippen LogP contribution in [0.15, 0.2) is 72.4 Å². The van der Waals surface area contributed by atoms with Gasteiger partial charge in [0, 0.05) is 5.69 Å². The minimum Gasteiger partial charge on any atom is -0.493 e. The Balaban J connectivity index is 1.81. The second-order valence-corrected chi connectivity index (χ2v) is 7.95. The first kappa shape index (κ1) is 22.1. The molecule has 1 aliphatic heterocycles. The van der Waals surface area contributed by atoms with E-state index in [0.29, 0.717) is 22.6 Å². The zero-order valence-electron chi connectivity index (χ0n) is 19.1. The Hall–Kier alpha value is -4.06. The van der Waals surface area contributed by atoms with Gasteiger partial charge in [-0.25, -0.2) is 0 Å². The number of ether oxygens (including phenoxy) is 2. The van der Waals surface area contributed by atoms with Crippen molar-refractivity contribution in [2.24, 2.45) is 0 Å². The van der Waals surface area contributed by atoms with Crippen LogP contribution in [-0.4, -0.2) is 30.9 Å². The maximum atomic E-state index is 13.6. The van der Waals surface area contributed by atoms with Crippen LogP contribution in [0.3, 0.4) is 0 Å². The number of rotatable bonds is 7. The number of imide groups is 1. The lowest BCUT2D eigenvalue weighted by Crippen LogP contribution is -2.32. The van der Waals surface area contributed by atoms with Crippen LogP contribution in [0, 0.1) is 13.8 Å². The van der Waals surface area contributed by atoms with Gasteiger partial charge in [-0.2, -0.15) is 0 Å². The van der Waals surface area contributed by atoms with E-state index in [4.69, 9.17) is 9.47 Å². The number of hydrogen-bond acceptors (Lipinski definition) is 5. The first-order valence-corrected chi connectivity index (χ1v) is 10.6. The minimum absolute atomic E-state index is 0.188. The molecule has 3 aromatic rings. The van der Waals surface area contributed by atoms with Crippen molar-refractivity contribution in [1.82, 2.24) is 4.90 Å². The summed E-state index contributed by atoms with van der Waals surface area (Å²) in [7, 11) is 3.09.